The lowest BCUT2D eigenvalue weighted by molar-refractivity contribution is -0.385. The minimum Gasteiger partial charge on any atom is -0.335 e. The standard InChI is InChI=1S/C19H18N2O4/c22-13-16-9-8-15(12-18(16)21(24)25)19(23)20-10-4-7-17(20)11-14-5-2-1-3-6-14/h1-3,5-6,8-9,12-13,17H,4,7,10-11H2/t17-/m1/s1. The number of carbonyl (C=O) groups excluding carboxylic acids is 2. The Bertz CT molecular complexity index is 804. The molecule has 0 aromatic heterocycles. The molecule has 3 rings (SSSR count). The third-order valence-corrected chi connectivity index (χ3v) is 4.55. The van der Waals surface area contributed by atoms with Crippen LogP contribution >= 0.6 is 0 Å². The van der Waals surface area contributed by atoms with Crippen LogP contribution in [0.15, 0.2) is 48.5 Å². The van der Waals surface area contributed by atoms with Crippen molar-refractivity contribution in [3.8, 4) is 0 Å². The highest BCUT2D eigenvalue weighted by molar-refractivity contribution is 5.96. The van der Waals surface area contributed by atoms with Gasteiger partial charge < -0.3 is 4.90 Å². The van der Waals surface area contributed by atoms with Gasteiger partial charge >= 0.3 is 0 Å². The van der Waals surface area contributed by atoms with E-state index in [2.05, 4.69) is 0 Å². The monoisotopic (exact) mass is 338 g/mol. The molecule has 6 nitrogen and oxygen atoms in total. The van der Waals surface area contributed by atoms with E-state index in [0.29, 0.717) is 12.8 Å². The van der Waals surface area contributed by atoms with E-state index in [4.69, 9.17) is 0 Å². The van der Waals surface area contributed by atoms with Gasteiger partial charge in [0, 0.05) is 24.2 Å². The van der Waals surface area contributed by atoms with Crippen molar-refractivity contribution in [2.24, 2.45) is 0 Å². The smallest absolute Gasteiger partial charge is 0.280 e. The zero-order valence-corrected chi connectivity index (χ0v) is 13.6. The van der Waals surface area contributed by atoms with E-state index in [1.54, 1.807) is 4.90 Å². The van der Waals surface area contributed by atoms with Crippen molar-refractivity contribution in [1.82, 2.24) is 4.90 Å². The normalized spacial score (nSPS) is 16.6. The number of aldehydes is 1. The molecule has 6 heteroatoms. The number of rotatable bonds is 5. The average Bonchev–Trinajstić information content (AvgIpc) is 3.09. The number of nitrogens with zero attached hydrogens (tertiary/aromatic N) is 2. The van der Waals surface area contributed by atoms with Crippen LogP contribution in [-0.4, -0.2) is 34.6 Å². The second-order valence-corrected chi connectivity index (χ2v) is 6.13. The number of nitro benzene ring substituents is 1. The largest absolute Gasteiger partial charge is 0.335 e. The number of benzene rings is 2. The topological polar surface area (TPSA) is 80.5 Å². The first-order valence-corrected chi connectivity index (χ1v) is 8.18. The van der Waals surface area contributed by atoms with Crippen LogP contribution in [0.4, 0.5) is 5.69 Å². The van der Waals surface area contributed by atoms with Crippen LogP contribution in [0.25, 0.3) is 0 Å². The molecule has 1 atom stereocenters. The SMILES string of the molecule is O=Cc1ccc(C(=O)N2CCC[C@@H]2Cc2ccccc2)cc1[N+](=O)[O-]. The van der Waals surface area contributed by atoms with Gasteiger partial charge in [0.25, 0.3) is 11.6 Å². The molecule has 0 saturated carbocycles. The summed E-state index contributed by atoms with van der Waals surface area (Å²) in [6.07, 6.45) is 3.02. The summed E-state index contributed by atoms with van der Waals surface area (Å²) in [6, 6.07) is 14.1. The van der Waals surface area contributed by atoms with Crippen molar-refractivity contribution in [3.63, 3.8) is 0 Å². The zero-order chi connectivity index (χ0) is 17.8. The van der Waals surface area contributed by atoms with Gasteiger partial charge in [-0.1, -0.05) is 30.3 Å². The van der Waals surface area contributed by atoms with E-state index >= 15 is 0 Å². The maximum absolute atomic E-state index is 12.8. The highest BCUT2D eigenvalue weighted by Crippen LogP contribution is 2.25. The summed E-state index contributed by atoms with van der Waals surface area (Å²) in [5.74, 6) is -0.223. The van der Waals surface area contributed by atoms with E-state index in [1.807, 2.05) is 30.3 Å². The van der Waals surface area contributed by atoms with Crippen molar-refractivity contribution in [1.29, 1.82) is 0 Å². The fraction of sp³-hybridized carbons (Fsp3) is 0.263. The van der Waals surface area contributed by atoms with Crippen LogP contribution in [0, 0.1) is 10.1 Å². The summed E-state index contributed by atoms with van der Waals surface area (Å²) < 4.78 is 0. The summed E-state index contributed by atoms with van der Waals surface area (Å²) in [4.78, 5) is 36.0. The van der Waals surface area contributed by atoms with E-state index in [0.717, 1.165) is 24.8 Å². The summed E-state index contributed by atoms with van der Waals surface area (Å²) in [5.41, 5.74) is 1.05. The zero-order valence-electron chi connectivity index (χ0n) is 13.6. The van der Waals surface area contributed by atoms with E-state index < -0.39 is 4.92 Å². The van der Waals surface area contributed by atoms with Crippen LogP contribution in [-0.2, 0) is 6.42 Å². The Balaban J connectivity index is 1.83. The van der Waals surface area contributed by atoms with E-state index in [1.165, 1.54) is 18.2 Å². The predicted molar refractivity (Wildman–Crippen MR) is 92.7 cm³/mol. The molecule has 0 N–H and O–H groups in total. The van der Waals surface area contributed by atoms with E-state index in [-0.39, 0.29) is 28.8 Å². The third kappa shape index (κ3) is 3.57. The molecule has 1 saturated heterocycles. The Morgan fingerprint density at radius 3 is 2.68 bits per heavy atom. The number of hydrogen-bond acceptors (Lipinski definition) is 4. The summed E-state index contributed by atoms with van der Waals surface area (Å²) >= 11 is 0. The van der Waals surface area contributed by atoms with Crippen LogP contribution in [0.5, 0.6) is 0 Å². The molecule has 128 valence electrons. The van der Waals surface area contributed by atoms with Gasteiger partial charge in [-0.05, 0) is 37.0 Å². The van der Waals surface area contributed by atoms with Gasteiger partial charge in [0.15, 0.2) is 6.29 Å². The maximum atomic E-state index is 12.8. The number of amides is 1. The maximum Gasteiger partial charge on any atom is 0.280 e. The molecule has 1 aliphatic heterocycles. The lowest BCUT2D eigenvalue weighted by Gasteiger charge is -2.25. The molecule has 1 fully saturated rings. The minimum atomic E-state index is -0.633. The minimum absolute atomic E-state index is 0.0243. The Morgan fingerprint density at radius 2 is 2.00 bits per heavy atom. The van der Waals surface area contributed by atoms with Crippen molar-refractivity contribution >= 4 is 17.9 Å². The molecular formula is C19H18N2O4. The molecule has 0 radical (unpaired) electrons. The molecular weight excluding hydrogens is 320 g/mol. The Morgan fingerprint density at radius 1 is 1.24 bits per heavy atom. The Hall–Kier alpha value is -3.02. The van der Waals surface area contributed by atoms with Crippen LogP contribution in [0.1, 0.15) is 39.1 Å². The third-order valence-electron chi connectivity index (χ3n) is 4.55. The van der Waals surface area contributed by atoms with Crippen molar-refractivity contribution in [2.45, 2.75) is 25.3 Å². The van der Waals surface area contributed by atoms with Gasteiger partial charge in [-0.3, -0.25) is 19.7 Å². The van der Waals surface area contributed by atoms with Crippen molar-refractivity contribution in [2.75, 3.05) is 6.54 Å². The lowest BCUT2D eigenvalue weighted by atomic mass is 10.0. The van der Waals surface area contributed by atoms with Gasteiger partial charge in [-0.25, -0.2) is 0 Å². The second kappa shape index (κ2) is 7.25. The van der Waals surface area contributed by atoms with Gasteiger partial charge in [0.05, 0.1) is 10.5 Å². The van der Waals surface area contributed by atoms with Crippen LogP contribution < -0.4 is 0 Å². The second-order valence-electron chi connectivity index (χ2n) is 6.13. The number of hydrogen-bond donors (Lipinski definition) is 0. The van der Waals surface area contributed by atoms with Gasteiger partial charge in [0.2, 0.25) is 0 Å². The number of nitro groups is 1. The molecule has 2 aromatic rings. The molecule has 25 heavy (non-hydrogen) atoms. The molecule has 0 aliphatic carbocycles. The first-order valence-electron chi connectivity index (χ1n) is 8.18. The van der Waals surface area contributed by atoms with Gasteiger partial charge in [-0.2, -0.15) is 0 Å². The molecule has 1 aliphatic rings. The lowest BCUT2D eigenvalue weighted by Crippen LogP contribution is -2.36. The van der Waals surface area contributed by atoms with Crippen molar-refractivity contribution in [3.05, 3.63) is 75.3 Å². The molecule has 1 amide bonds. The molecule has 1 heterocycles. The van der Waals surface area contributed by atoms with E-state index in [9.17, 15) is 19.7 Å². The predicted octanol–water partition coefficient (Wildman–Crippen LogP) is 3.25. The Kier molecular flexibility index (Phi) is 4.88. The summed E-state index contributed by atoms with van der Waals surface area (Å²) in [6.45, 7) is 0.638. The molecule has 0 bridgehead atoms. The molecule has 2 aromatic carbocycles. The fourth-order valence-electron chi connectivity index (χ4n) is 3.30. The van der Waals surface area contributed by atoms with Crippen LogP contribution in [0.2, 0.25) is 0 Å². The fourth-order valence-corrected chi connectivity index (χ4v) is 3.30. The molecule has 0 unspecified atom stereocenters. The number of carbonyl (C=O) groups is 2. The van der Waals surface area contributed by atoms with Gasteiger partial charge in [0.1, 0.15) is 0 Å². The average molecular weight is 338 g/mol. The van der Waals surface area contributed by atoms with Gasteiger partial charge in [-0.15, -0.1) is 0 Å². The highest BCUT2D eigenvalue weighted by Gasteiger charge is 2.30. The summed E-state index contributed by atoms with van der Waals surface area (Å²) in [5, 5.41) is 11.1. The summed E-state index contributed by atoms with van der Waals surface area (Å²) in [7, 11) is 0. The quantitative estimate of drug-likeness (QED) is 0.476. The van der Waals surface area contributed by atoms with Crippen molar-refractivity contribution < 1.29 is 14.5 Å². The molecule has 0 spiro atoms. The van der Waals surface area contributed by atoms with Crippen LogP contribution in [0.3, 0.4) is 0 Å². The highest BCUT2D eigenvalue weighted by atomic mass is 16.6. The first-order chi connectivity index (χ1) is 12.1. The first kappa shape index (κ1) is 16.8. The Labute approximate surface area is 145 Å². The number of likely N-dealkylation sites (tertiary alicyclic amines) is 1.